The van der Waals surface area contributed by atoms with Crippen molar-refractivity contribution in [1.82, 2.24) is 0 Å². The second-order valence-electron chi connectivity index (χ2n) is 6.30. The molecular weight excluding hydrogens is 388 g/mol. The molecule has 0 unspecified atom stereocenters. The van der Waals surface area contributed by atoms with Gasteiger partial charge in [-0.2, -0.15) is 0 Å². The molecule has 0 atom stereocenters. The van der Waals surface area contributed by atoms with E-state index in [0.717, 1.165) is 11.6 Å². The number of allylic oxidation sites excluding steroid dienone is 1. The smallest absolute Gasteiger partial charge is 0.233 e. The Bertz CT molecular complexity index is 1180. The summed E-state index contributed by atoms with van der Waals surface area (Å²) >= 11 is 0. The van der Waals surface area contributed by atoms with Crippen LogP contribution in [0, 0.1) is 0 Å². The first-order valence-corrected chi connectivity index (χ1v) is 8.73. The van der Waals surface area contributed by atoms with Crippen LogP contribution in [0.15, 0.2) is 66.7 Å². The summed E-state index contributed by atoms with van der Waals surface area (Å²) in [5, 5.41) is 37.7. The van der Waals surface area contributed by atoms with Gasteiger partial charge in [0.05, 0.1) is 0 Å². The second-order valence-corrected chi connectivity index (χ2v) is 6.30. The lowest BCUT2D eigenvalue weighted by Crippen LogP contribution is -2.15. The lowest BCUT2D eigenvalue weighted by Gasteiger charge is -2.09. The molecule has 7 nitrogen and oxygen atoms in total. The molecule has 0 amide bonds. The van der Waals surface area contributed by atoms with Crippen molar-refractivity contribution >= 4 is 23.4 Å². The first kappa shape index (κ1) is 20.3. The van der Waals surface area contributed by atoms with E-state index in [0.29, 0.717) is 5.56 Å². The van der Waals surface area contributed by atoms with Gasteiger partial charge in [-0.05, 0) is 11.6 Å². The highest BCUT2D eigenvalue weighted by molar-refractivity contribution is 6.49. The Labute approximate surface area is 170 Å². The van der Waals surface area contributed by atoms with Crippen molar-refractivity contribution in [3.05, 3.63) is 89.0 Å². The maximum absolute atomic E-state index is 12.0. The summed E-state index contributed by atoms with van der Waals surface area (Å²) in [7, 11) is 0. The number of aromatic hydroxyl groups is 4. The van der Waals surface area contributed by atoms with Gasteiger partial charge in [0.25, 0.3) is 0 Å². The SMILES string of the molecule is O=C(c1ccccc1)c1c(O)cc(O)c(O)c1O.O=C1C=Cc2ccccc2C1=O. The molecule has 0 heterocycles. The van der Waals surface area contributed by atoms with Crippen molar-refractivity contribution < 1.29 is 34.8 Å². The van der Waals surface area contributed by atoms with Crippen molar-refractivity contribution in [2.24, 2.45) is 0 Å². The van der Waals surface area contributed by atoms with E-state index in [1.54, 1.807) is 36.4 Å². The molecule has 0 radical (unpaired) electrons. The third-order valence-electron chi connectivity index (χ3n) is 4.34. The fraction of sp³-hybridized carbons (Fsp3) is 0. The largest absolute Gasteiger partial charge is 0.507 e. The summed E-state index contributed by atoms with van der Waals surface area (Å²) in [4.78, 5) is 34.2. The quantitative estimate of drug-likeness (QED) is 0.223. The molecule has 30 heavy (non-hydrogen) atoms. The molecule has 150 valence electrons. The molecule has 1 aliphatic rings. The van der Waals surface area contributed by atoms with Crippen LogP contribution in [0.2, 0.25) is 0 Å². The molecule has 3 aromatic carbocycles. The van der Waals surface area contributed by atoms with Crippen LogP contribution in [0.25, 0.3) is 6.08 Å². The van der Waals surface area contributed by atoms with Gasteiger partial charge in [0.2, 0.25) is 23.1 Å². The summed E-state index contributed by atoms with van der Waals surface area (Å²) in [6, 6.07) is 15.8. The van der Waals surface area contributed by atoms with Gasteiger partial charge in [-0.1, -0.05) is 60.7 Å². The molecule has 4 rings (SSSR count). The van der Waals surface area contributed by atoms with E-state index in [2.05, 4.69) is 0 Å². The van der Waals surface area contributed by atoms with Crippen molar-refractivity contribution in [3.63, 3.8) is 0 Å². The third-order valence-corrected chi connectivity index (χ3v) is 4.34. The molecule has 0 aliphatic heterocycles. The fourth-order valence-corrected chi connectivity index (χ4v) is 2.81. The van der Waals surface area contributed by atoms with Crippen LogP contribution >= 0.6 is 0 Å². The van der Waals surface area contributed by atoms with Gasteiger partial charge >= 0.3 is 0 Å². The zero-order chi connectivity index (χ0) is 21.8. The molecule has 1 aliphatic carbocycles. The lowest BCUT2D eigenvalue weighted by atomic mass is 9.96. The first-order valence-electron chi connectivity index (χ1n) is 8.73. The van der Waals surface area contributed by atoms with E-state index in [1.165, 1.54) is 18.2 Å². The number of carbonyl (C=O) groups is 3. The van der Waals surface area contributed by atoms with Crippen LogP contribution in [-0.4, -0.2) is 37.8 Å². The van der Waals surface area contributed by atoms with Crippen molar-refractivity contribution in [3.8, 4) is 23.0 Å². The van der Waals surface area contributed by atoms with Crippen LogP contribution in [-0.2, 0) is 4.79 Å². The van der Waals surface area contributed by atoms with E-state index < -0.39 is 45.9 Å². The summed E-state index contributed by atoms with van der Waals surface area (Å²) in [6.07, 6.45) is 2.98. The molecule has 7 heteroatoms. The van der Waals surface area contributed by atoms with Crippen molar-refractivity contribution in [2.75, 3.05) is 0 Å². The second kappa shape index (κ2) is 8.32. The van der Waals surface area contributed by atoms with Crippen LogP contribution in [0.3, 0.4) is 0 Å². The molecule has 3 aromatic rings. The minimum atomic E-state index is -0.846. The topological polar surface area (TPSA) is 132 Å². The van der Waals surface area contributed by atoms with Crippen LogP contribution in [0.4, 0.5) is 0 Å². The van der Waals surface area contributed by atoms with Crippen LogP contribution in [0.5, 0.6) is 23.0 Å². The summed E-state index contributed by atoms with van der Waals surface area (Å²) in [6.45, 7) is 0. The third kappa shape index (κ3) is 3.90. The predicted octanol–water partition coefficient (Wildman–Crippen LogP) is 3.21. The van der Waals surface area contributed by atoms with Crippen LogP contribution in [0.1, 0.15) is 31.8 Å². The Morgan fingerprint density at radius 2 is 1.33 bits per heavy atom. The van der Waals surface area contributed by atoms with Gasteiger partial charge < -0.3 is 20.4 Å². The van der Waals surface area contributed by atoms with Crippen LogP contribution < -0.4 is 0 Å². The Kier molecular flexibility index (Phi) is 5.64. The van der Waals surface area contributed by atoms with Gasteiger partial charge in [-0.3, -0.25) is 14.4 Å². The number of rotatable bonds is 2. The Balaban J connectivity index is 0.000000184. The summed E-state index contributed by atoms with van der Waals surface area (Å²) < 4.78 is 0. The number of hydrogen-bond donors (Lipinski definition) is 4. The number of Topliss-reactive ketones (excluding diaryl/α,β-unsaturated/α-hetero) is 1. The monoisotopic (exact) mass is 404 g/mol. The van der Waals surface area contributed by atoms with Gasteiger partial charge in [0, 0.05) is 17.2 Å². The summed E-state index contributed by atoms with van der Waals surface area (Å²) in [5.41, 5.74) is 1.12. The standard InChI is InChI=1S/C13H10O5.C10H6O2/c14-8-6-9(15)12(17)13(18)10(8)11(16)7-4-2-1-3-5-7;11-9-6-5-7-3-1-2-4-8(7)10(9)12/h1-6,14-15,17-18H;1-6H. The number of carbonyl (C=O) groups excluding carboxylic acids is 3. The maximum atomic E-state index is 12.0. The molecule has 0 bridgehead atoms. The Hall–Kier alpha value is -4.39. The average Bonchev–Trinajstić information content (AvgIpc) is 2.76. The van der Waals surface area contributed by atoms with E-state index in [4.69, 9.17) is 0 Å². The Morgan fingerprint density at radius 3 is 2.03 bits per heavy atom. The average molecular weight is 404 g/mol. The molecule has 0 aromatic heterocycles. The first-order chi connectivity index (χ1) is 14.3. The number of phenols is 4. The zero-order valence-electron chi connectivity index (χ0n) is 15.4. The maximum Gasteiger partial charge on any atom is 0.233 e. The highest BCUT2D eigenvalue weighted by Crippen LogP contribution is 2.43. The zero-order valence-corrected chi connectivity index (χ0v) is 15.4. The highest BCUT2D eigenvalue weighted by Gasteiger charge is 2.23. The van der Waals surface area contributed by atoms with Gasteiger partial charge in [-0.15, -0.1) is 0 Å². The Morgan fingerprint density at radius 1 is 0.700 bits per heavy atom. The van der Waals surface area contributed by atoms with E-state index in [-0.39, 0.29) is 5.56 Å². The van der Waals surface area contributed by atoms with Gasteiger partial charge in [0.1, 0.15) is 11.3 Å². The number of hydrogen-bond acceptors (Lipinski definition) is 7. The van der Waals surface area contributed by atoms with Gasteiger partial charge in [-0.25, -0.2) is 0 Å². The lowest BCUT2D eigenvalue weighted by molar-refractivity contribution is -0.110. The van der Waals surface area contributed by atoms with E-state index >= 15 is 0 Å². The van der Waals surface area contributed by atoms with Crippen molar-refractivity contribution in [1.29, 1.82) is 0 Å². The molecule has 0 saturated heterocycles. The van der Waals surface area contributed by atoms with Gasteiger partial charge in [0.15, 0.2) is 11.5 Å². The molecule has 0 spiro atoms. The fourth-order valence-electron chi connectivity index (χ4n) is 2.81. The normalized spacial score (nSPS) is 12.0. The summed E-state index contributed by atoms with van der Waals surface area (Å²) in [5.74, 6) is -4.48. The number of benzene rings is 3. The minimum absolute atomic E-state index is 0.244. The molecule has 0 saturated carbocycles. The molecular formula is C23H16O7. The van der Waals surface area contributed by atoms with E-state index in [9.17, 15) is 34.8 Å². The number of fused-ring (bicyclic) bond motifs is 1. The number of ketones is 3. The number of phenolic OH excluding ortho intramolecular Hbond substituents is 4. The van der Waals surface area contributed by atoms with Crippen molar-refractivity contribution in [2.45, 2.75) is 0 Å². The highest BCUT2D eigenvalue weighted by atomic mass is 16.3. The molecule has 0 fully saturated rings. The van der Waals surface area contributed by atoms with E-state index in [1.807, 2.05) is 12.1 Å². The predicted molar refractivity (Wildman–Crippen MR) is 108 cm³/mol. The molecule has 4 N–H and O–H groups in total. The minimum Gasteiger partial charge on any atom is -0.507 e.